The molecule has 4 nitrogen and oxygen atoms in total. The van der Waals surface area contributed by atoms with Gasteiger partial charge >= 0.3 is 0 Å². The van der Waals surface area contributed by atoms with Crippen LogP contribution in [0.2, 0.25) is 0 Å². The molecule has 0 aliphatic rings. The van der Waals surface area contributed by atoms with Gasteiger partial charge < -0.3 is 5.32 Å². The van der Waals surface area contributed by atoms with Crippen LogP contribution in [0.25, 0.3) is 0 Å². The quantitative estimate of drug-likeness (QED) is 0.708. The second-order valence-corrected chi connectivity index (χ2v) is 8.20. The molecule has 1 aromatic rings. The number of rotatable bonds is 9. The van der Waals surface area contributed by atoms with Gasteiger partial charge in [-0.2, -0.15) is 11.8 Å². The maximum Gasteiger partial charge on any atom is 0.243 e. The Morgan fingerprint density at radius 3 is 2.84 bits per heavy atom. The Kier molecular flexibility index (Phi) is 7.38. The van der Waals surface area contributed by atoms with Gasteiger partial charge in [-0.25, -0.2) is 12.7 Å². The first-order valence-corrected chi connectivity index (χ1v) is 9.97. The summed E-state index contributed by atoms with van der Waals surface area (Å²) in [5.41, 5.74) is 0. The minimum absolute atomic E-state index is 0.449. The second-order valence-electron chi connectivity index (χ2n) is 4.20. The summed E-state index contributed by atoms with van der Waals surface area (Å²) in [5, 5.41) is 5.10. The largest absolute Gasteiger partial charge is 0.312 e. The molecule has 0 saturated heterocycles. The number of nitrogens with one attached hydrogen (secondary N) is 1. The first-order valence-electron chi connectivity index (χ1n) is 6.26. The van der Waals surface area contributed by atoms with Crippen molar-refractivity contribution in [2.24, 2.45) is 0 Å². The summed E-state index contributed by atoms with van der Waals surface area (Å²) in [6.07, 6.45) is 3.02. The van der Waals surface area contributed by atoms with Crippen molar-refractivity contribution in [3.8, 4) is 0 Å². The maximum atomic E-state index is 12.4. The zero-order chi connectivity index (χ0) is 14.3. The Bertz CT molecular complexity index is 471. The zero-order valence-electron chi connectivity index (χ0n) is 11.7. The Hall–Kier alpha value is -0.0800. The first kappa shape index (κ1) is 17.0. The van der Waals surface area contributed by atoms with Gasteiger partial charge in [0.05, 0.1) is 4.90 Å². The molecule has 1 heterocycles. The first-order chi connectivity index (χ1) is 9.04. The number of hydrogen-bond donors (Lipinski definition) is 1. The van der Waals surface area contributed by atoms with Gasteiger partial charge in [0.15, 0.2) is 0 Å². The van der Waals surface area contributed by atoms with E-state index in [0.29, 0.717) is 18.0 Å². The van der Waals surface area contributed by atoms with E-state index in [-0.39, 0.29) is 0 Å². The van der Waals surface area contributed by atoms with Crippen LogP contribution in [0.3, 0.4) is 0 Å². The molecule has 0 unspecified atom stereocenters. The standard InChI is InChI=1S/C12H22N2O2S3/c1-4-6-13-10-11-12(5-8-18-11)19(15,16)14(2)7-9-17-3/h5,8,13H,4,6-7,9-10H2,1-3H3. The number of nitrogens with zero attached hydrogens (tertiary/aromatic N) is 1. The summed E-state index contributed by atoms with van der Waals surface area (Å²) in [6.45, 7) is 4.16. The molecule has 0 radical (unpaired) electrons. The molecule has 0 aliphatic carbocycles. The third-order valence-electron chi connectivity index (χ3n) is 2.72. The highest BCUT2D eigenvalue weighted by molar-refractivity contribution is 7.98. The smallest absolute Gasteiger partial charge is 0.243 e. The molecular formula is C12H22N2O2S3. The molecule has 1 N–H and O–H groups in total. The molecule has 110 valence electrons. The van der Waals surface area contributed by atoms with Gasteiger partial charge in [0.2, 0.25) is 10.0 Å². The number of sulfonamides is 1. The van der Waals surface area contributed by atoms with Crippen LogP contribution in [0.5, 0.6) is 0 Å². The van der Waals surface area contributed by atoms with Crippen LogP contribution in [0.1, 0.15) is 18.2 Å². The van der Waals surface area contributed by atoms with Crippen LogP contribution in [0.4, 0.5) is 0 Å². The Labute approximate surface area is 124 Å². The molecule has 1 aromatic heterocycles. The summed E-state index contributed by atoms with van der Waals surface area (Å²) in [6, 6.07) is 1.71. The van der Waals surface area contributed by atoms with Gasteiger partial charge in [-0.15, -0.1) is 11.3 Å². The van der Waals surface area contributed by atoms with E-state index in [1.165, 1.54) is 15.6 Å². The summed E-state index contributed by atoms with van der Waals surface area (Å²) < 4.78 is 26.3. The van der Waals surface area contributed by atoms with Crippen molar-refractivity contribution >= 4 is 33.1 Å². The predicted molar refractivity (Wildman–Crippen MR) is 84.5 cm³/mol. The van der Waals surface area contributed by atoms with Gasteiger partial charge in [-0.1, -0.05) is 6.92 Å². The molecule has 1 rings (SSSR count). The fraction of sp³-hybridized carbons (Fsp3) is 0.667. The van der Waals surface area contributed by atoms with Crippen LogP contribution < -0.4 is 5.32 Å². The molecule has 0 aliphatic heterocycles. The van der Waals surface area contributed by atoms with Crippen molar-refractivity contribution in [3.05, 3.63) is 16.3 Å². The van der Waals surface area contributed by atoms with Crippen LogP contribution in [-0.2, 0) is 16.6 Å². The Morgan fingerprint density at radius 2 is 2.21 bits per heavy atom. The van der Waals surface area contributed by atoms with Gasteiger partial charge in [-0.05, 0) is 30.7 Å². The van der Waals surface area contributed by atoms with E-state index in [1.807, 2.05) is 11.6 Å². The second kappa shape index (κ2) is 8.26. The van der Waals surface area contributed by atoms with Crippen molar-refractivity contribution < 1.29 is 8.42 Å². The van der Waals surface area contributed by atoms with Gasteiger partial charge in [0, 0.05) is 30.8 Å². The van der Waals surface area contributed by atoms with Crippen molar-refractivity contribution in [3.63, 3.8) is 0 Å². The topological polar surface area (TPSA) is 49.4 Å². The van der Waals surface area contributed by atoms with Gasteiger partial charge in [0.1, 0.15) is 0 Å². The van der Waals surface area contributed by atoms with Crippen molar-refractivity contribution in [1.82, 2.24) is 9.62 Å². The molecule has 0 spiro atoms. The van der Waals surface area contributed by atoms with Crippen LogP contribution in [-0.4, -0.2) is 44.9 Å². The highest BCUT2D eigenvalue weighted by Gasteiger charge is 2.24. The highest BCUT2D eigenvalue weighted by atomic mass is 32.2. The Morgan fingerprint density at radius 1 is 1.47 bits per heavy atom. The summed E-state index contributed by atoms with van der Waals surface area (Å²) in [5.74, 6) is 0.809. The van der Waals surface area contributed by atoms with E-state index in [9.17, 15) is 8.42 Å². The van der Waals surface area contributed by atoms with Crippen molar-refractivity contribution in [1.29, 1.82) is 0 Å². The molecule has 0 bridgehead atoms. The molecule has 0 atom stereocenters. The minimum Gasteiger partial charge on any atom is -0.312 e. The van der Waals surface area contributed by atoms with Gasteiger partial charge in [-0.3, -0.25) is 0 Å². The monoisotopic (exact) mass is 322 g/mol. The molecule has 0 aromatic carbocycles. The van der Waals surface area contributed by atoms with Crippen LogP contribution in [0.15, 0.2) is 16.3 Å². The van der Waals surface area contributed by atoms with Crippen molar-refractivity contribution in [2.75, 3.05) is 32.1 Å². The van der Waals surface area contributed by atoms with E-state index in [2.05, 4.69) is 12.2 Å². The molecule has 19 heavy (non-hydrogen) atoms. The van der Waals surface area contributed by atoms with Crippen LogP contribution in [0, 0.1) is 0 Å². The number of thioether (sulfide) groups is 1. The SMILES string of the molecule is CCCNCc1sccc1S(=O)(=O)N(C)CCSC. The van der Waals surface area contributed by atoms with E-state index in [0.717, 1.165) is 23.6 Å². The van der Waals surface area contributed by atoms with Gasteiger partial charge in [0.25, 0.3) is 0 Å². The lowest BCUT2D eigenvalue weighted by atomic mass is 10.4. The lowest BCUT2D eigenvalue weighted by molar-refractivity contribution is 0.487. The van der Waals surface area contributed by atoms with Crippen LogP contribution >= 0.6 is 23.1 Å². The molecule has 0 fully saturated rings. The summed E-state index contributed by atoms with van der Waals surface area (Å²) in [7, 11) is -1.70. The fourth-order valence-corrected chi connectivity index (χ4v) is 4.70. The third kappa shape index (κ3) is 4.75. The molecule has 0 amide bonds. The van der Waals surface area contributed by atoms with E-state index in [1.54, 1.807) is 24.9 Å². The lowest BCUT2D eigenvalue weighted by Crippen LogP contribution is -2.29. The van der Waals surface area contributed by atoms with E-state index >= 15 is 0 Å². The van der Waals surface area contributed by atoms with E-state index < -0.39 is 10.0 Å². The Balaban J connectivity index is 2.80. The minimum atomic E-state index is -3.35. The fourth-order valence-electron chi connectivity index (χ4n) is 1.57. The summed E-state index contributed by atoms with van der Waals surface area (Å²) >= 11 is 3.14. The number of thiophene rings is 1. The maximum absolute atomic E-state index is 12.4. The zero-order valence-corrected chi connectivity index (χ0v) is 14.1. The molecule has 0 saturated carbocycles. The third-order valence-corrected chi connectivity index (χ3v) is 6.30. The number of hydrogen-bond acceptors (Lipinski definition) is 5. The molecular weight excluding hydrogens is 300 g/mol. The molecule has 7 heteroatoms. The van der Waals surface area contributed by atoms with Crippen molar-refractivity contribution in [2.45, 2.75) is 24.8 Å². The average molecular weight is 323 g/mol. The lowest BCUT2D eigenvalue weighted by Gasteiger charge is -2.17. The van der Waals surface area contributed by atoms with E-state index in [4.69, 9.17) is 0 Å². The summed E-state index contributed by atoms with van der Waals surface area (Å²) in [4.78, 5) is 1.34. The highest BCUT2D eigenvalue weighted by Crippen LogP contribution is 2.24. The average Bonchev–Trinajstić information content (AvgIpc) is 2.85. The normalized spacial score (nSPS) is 12.2. The predicted octanol–water partition coefficient (Wildman–Crippen LogP) is 2.23.